The van der Waals surface area contributed by atoms with Gasteiger partial charge in [0.05, 0.1) is 0 Å². The first kappa shape index (κ1) is 13.4. The Morgan fingerprint density at radius 2 is 1.85 bits per heavy atom. The maximum absolute atomic E-state index is 3.67. The Hall–Kier alpha value is 0.394. The fraction of sp³-hybridized carbons (Fsp3) is 1.00. The van der Waals surface area contributed by atoms with Crippen LogP contribution in [0.4, 0.5) is 0 Å². The molecule has 0 aliphatic rings. The van der Waals surface area contributed by atoms with Crippen LogP contribution in [0.3, 0.4) is 0 Å². The Balaban J connectivity index is 3.31. The quantitative estimate of drug-likeness (QED) is 0.646. The number of hydrogen-bond acceptors (Lipinski definition) is 1. The second kappa shape index (κ2) is 6.79. The molecule has 0 aromatic carbocycles. The molecule has 1 atom stereocenters. The first-order valence-corrected chi connectivity index (χ1v) is 11.9. The van der Waals surface area contributed by atoms with Gasteiger partial charge in [-0.3, -0.25) is 0 Å². The summed E-state index contributed by atoms with van der Waals surface area (Å²) in [6, 6.07) is 3.00. The van der Waals surface area contributed by atoms with Gasteiger partial charge in [0.15, 0.2) is 0 Å². The fourth-order valence-electron chi connectivity index (χ4n) is 1.43. The van der Waals surface area contributed by atoms with E-state index in [9.17, 15) is 0 Å². The van der Waals surface area contributed by atoms with Crippen molar-refractivity contribution in [3.63, 3.8) is 0 Å². The lowest BCUT2D eigenvalue weighted by atomic mass is 10.5. The summed E-state index contributed by atoms with van der Waals surface area (Å²) in [6.07, 6.45) is 2.76. The summed E-state index contributed by atoms with van der Waals surface area (Å²) in [5.41, 5.74) is 0. The zero-order valence-corrected chi connectivity index (χ0v) is 12.3. The molecule has 0 heterocycles. The average molecular weight is 218 g/mol. The molecule has 0 saturated heterocycles. The zero-order valence-electron chi connectivity index (χ0n) is 10.1. The lowest BCUT2D eigenvalue weighted by Gasteiger charge is -2.17. The van der Waals surface area contributed by atoms with Crippen LogP contribution in [0.2, 0.25) is 38.3 Å². The molecule has 0 rings (SSSR count). The van der Waals surface area contributed by atoms with E-state index in [1.807, 2.05) is 0 Å². The van der Waals surface area contributed by atoms with Crippen LogP contribution in [0, 0.1) is 0 Å². The maximum atomic E-state index is 3.67. The number of rotatable bonds is 7. The molecule has 0 aliphatic heterocycles. The molecule has 80 valence electrons. The normalized spacial score (nSPS) is 14.5. The standard InChI is InChI=1S/C10H27NSi2/c1-6-8-11-12(2)9-7-10-13(3,4)5/h11-12H,6-10H2,1-5H3. The van der Waals surface area contributed by atoms with Gasteiger partial charge in [-0.05, 0) is 19.0 Å². The highest BCUT2D eigenvalue weighted by Crippen LogP contribution is 2.13. The summed E-state index contributed by atoms with van der Waals surface area (Å²) in [4.78, 5) is 3.67. The minimum atomic E-state index is -0.761. The monoisotopic (exact) mass is 217 g/mol. The van der Waals surface area contributed by atoms with E-state index >= 15 is 0 Å². The highest BCUT2D eigenvalue weighted by Gasteiger charge is 2.13. The highest BCUT2D eigenvalue weighted by atomic mass is 28.3. The first-order valence-electron chi connectivity index (χ1n) is 5.69. The Morgan fingerprint density at radius 3 is 2.31 bits per heavy atom. The first-order chi connectivity index (χ1) is 5.95. The van der Waals surface area contributed by atoms with E-state index in [0.29, 0.717) is 0 Å². The molecule has 0 amide bonds. The molecule has 0 radical (unpaired) electrons. The lowest BCUT2D eigenvalue weighted by Crippen LogP contribution is -2.31. The molecule has 0 fully saturated rings. The van der Waals surface area contributed by atoms with Gasteiger partial charge in [0.25, 0.3) is 0 Å². The van der Waals surface area contributed by atoms with Crippen LogP contribution in [0.15, 0.2) is 0 Å². The Labute approximate surface area is 87.0 Å². The minimum Gasteiger partial charge on any atom is -0.340 e. The molecule has 1 N–H and O–H groups in total. The Morgan fingerprint density at radius 1 is 1.23 bits per heavy atom. The van der Waals surface area contributed by atoms with Gasteiger partial charge in [-0.2, -0.15) is 0 Å². The Kier molecular flexibility index (Phi) is 7.00. The van der Waals surface area contributed by atoms with Gasteiger partial charge >= 0.3 is 0 Å². The van der Waals surface area contributed by atoms with E-state index in [1.165, 1.54) is 31.5 Å². The van der Waals surface area contributed by atoms with Crippen molar-refractivity contribution in [2.45, 2.75) is 58.0 Å². The van der Waals surface area contributed by atoms with Gasteiger partial charge in [-0.25, -0.2) is 0 Å². The summed E-state index contributed by atoms with van der Waals surface area (Å²) in [6.45, 7) is 13.3. The van der Waals surface area contributed by atoms with Crippen molar-refractivity contribution in [2.24, 2.45) is 0 Å². The van der Waals surface area contributed by atoms with Crippen molar-refractivity contribution < 1.29 is 0 Å². The van der Waals surface area contributed by atoms with Crippen molar-refractivity contribution in [1.82, 2.24) is 4.98 Å². The van der Waals surface area contributed by atoms with E-state index in [0.717, 1.165) is 0 Å². The summed E-state index contributed by atoms with van der Waals surface area (Å²) < 4.78 is 0. The molecule has 0 aromatic heterocycles. The third-order valence-corrected chi connectivity index (χ3v) is 6.42. The smallest absolute Gasteiger partial charge is 0.105 e. The van der Waals surface area contributed by atoms with Gasteiger partial charge < -0.3 is 4.98 Å². The second-order valence-electron chi connectivity index (χ2n) is 5.31. The molecule has 1 unspecified atom stereocenters. The minimum absolute atomic E-state index is 0.537. The van der Waals surface area contributed by atoms with Crippen LogP contribution in [0.1, 0.15) is 19.8 Å². The lowest BCUT2D eigenvalue weighted by molar-refractivity contribution is 0.839. The second-order valence-corrected chi connectivity index (χ2v) is 13.7. The van der Waals surface area contributed by atoms with Crippen LogP contribution in [-0.4, -0.2) is 23.6 Å². The third-order valence-electron chi connectivity index (χ3n) is 2.31. The van der Waals surface area contributed by atoms with Gasteiger partial charge in [0.1, 0.15) is 8.96 Å². The summed E-state index contributed by atoms with van der Waals surface area (Å²) in [5.74, 6) is 0. The van der Waals surface area contributed by atoms with Crippen molar-refractivity contribution in [3.8, 4) is 0 Å². The highest BCUT2D eigenvalue weighted by molar-refractivity contribution is 6.76. The molecule has 0 bridgehead atoms. The molecular formula is C10H27NSi2. The molecule has 0 saturated carbocycles. The van der Waals surface area contributed by atoms with E-state index < -0.39 is 17.0 Å². The van der Waals surface area contributed by atoms with E-state index in [-0.39, 0.29) is 0 Å². The summed E-state index contributed by atoms with van der Waals surface area (Å²) in [7, 11) is -1.30. The van der Waals surface area contributed by atoms with Crippen molar-refractivity contribution >= 4 is 17.0 Å². The maximum Gasteiger partial charge on any atom is 0.105 e. The van der Waals surface area contributed by atoms with Crippen LogP contribution in [0.5, 0.6) is 0 Å². The van der Waals surface area contributed by atoms with Crippen LogP contribution >= 0.6 is 0 Å². The topological polar surface area (TPSA) is 12.0 Å². The largest absolute Gasteiger partial charge is 0.340 e. The van der Waals surface area contributed by atoms with Crippen molar-refractivity contribution in [2.75, 3.05) is 6.54 Å². The predicted molar refractivity (Wildman–Crippen MR) is 68.9 cm³/mol. The Bertz CT molecular complexity index is 121. The van der Waals surface area contributed by atoms with Crippen molar-refractivity contribution in [1.29, 1.82) is 0 Å². The van der Waals surface area contributed by atoms with E-state index in [4.69, 9.17) is 0 Å². The van der Waals surface area contributed by atoms with Crippen molar-refractivity contribution in [3.05, 3.63) is 0 Å². The van der Waals surface area contributed by atoms with Crippen LogP contribution < -0.4 is 4.98 Å². The van der Waals surface area contributed by atoms with Gasteiger partial charge in [0.2, 0.25) is 0 Å². The number of hydrogen-bond donors (Lipinski definition) is 1. The summed E-state index contributed by atoms with van der Waals surface area (Å²) >= 11 is 0. The molecule has 0 aliphatic carbocycles. The predicted octanol–water partition coefficient (Wildman–Crippen LogP) is 3.07. The zero-order chi connectivity index (χ0) is 10.3. The van der Waals surface area contributed by atoms with Gasteiger partial charge in [-0.15, -0.1) is 0 Å². The van der Waals surface area contributed by atoms with Crippen LogP contribution in [-0.2, 0) is 0 Å². The SMILES string of the molecule is CCCN[SiH](C)CCC[Si](C)(C)C. The molecular weight excluding hydrogens is 190 g/mol. The van der Waals surface area contributed by atoms with Gasteiger partial charge in [-0.1, -0.05) is 45.6 Å². The van der Waals surface area contributed by atoms with Gasteiger partial charge in [0, 0.05) is 8.07 Å². The van der Waals surface area contributed by atoms with E-state index in [1.54, 1.807) is 0 Å². The summed E-state index contributed by atoms with van der Waals surface area (Å²) in [5, 5.41) is 0. The molecule has 0 aromatic rings. The third kappa shape index (κ3) is 10.3. The fourth-order valence-corrected chi connectivity index (χ4v) is 4.91. The molecule has 0 spiro atoms. The number of nitrogens with one attached hydrogen (secondary N) is 1. The molecule has 13 heavy (non-hydrogen) atoms. The molecule has 3 heteroatoms. The van der Waals surface area contributed by atoms with Crippen LogP contribution in [0.25, 0.3) is 0 Å². The average Bonchev–Trinajstić information content (AvgIpc) is 1.98. The molecule has 1 nitrogen and oxygen atoms in total. The van der Waals surface area contributed by atoms with E-state index in [2.05, 4.69) is 38.1 Å².